The predicted octanol–water partition coefficient (Wildman–Crippen LogP) is 23.9. The molecule has 0 spiro atoms. The van der Waals surface area contributed by atoms with Crippen molar-refractivity contribution in [3.8, 4) is 56.7 Å². The van der Waals surface area contributed by atoms with Gasteiger partial charge in [0.25, 0.3) is 6.47 Å². The molecular weight excluding hydrogens is 1800 g/mol. The summed E-state index contributed by atoms with van der Waals surface area (Å²) in [6, 6.07) is 136. The summed E-state index contributed by atoms with van der Waals surface area (Å²) in [5.41, 5.74) is 32.4. The summed E-state index contributed by atoms with van der Waals surface area (Å²) >= 11 is 18.4. The Balaban J connectivity index is 0.000000188. The van der Waals surface area contributed by atoms with Crippen LogP contribution in [0.15, 0.2) is 401 Å². The number of rotatable bonds is 22. The molecule has 1 N–H and O–H groups in total. The van der Waals surface area contributed by atoms with Gasteiger partial charge in [-0.25, -0.2) is 9.97 Å². The number of carbonyl (C=O) groups is 1. The van der Waals surface area contributed by atoms with Crippen LogP contribution in [0.5, 0.6) is 0 Å². The van der Waals surface area contributed by atoms with E-state index in [-0.39, 0.29) is 111 Å². The molecule has 0 aliphatic carbocycles. The molecule has 16 aromatic carbocycles. The number of benzene rings is 16. The number of fused-ring (bicyclic) bond motifs is 4. The third kappa shape index (κ3) is 22.2. The minimum Gasteiger partial charge on any atom is -1.00 e. The summed E-state index contributed by atoms with van der Waals surface area (Å²) in [5.74, 6) is 1.82. The second kappa shape index (κ2) is 45.3. The third-order valence-corrected chi connectivity index (χ3v) is 24.8. The number of anilines is 8. The molecule has 0 saturated heterocycles. The third-order valence-electron chi connectivity index (χ3n) is 23.3. The Kier molecular flexibility index (Phi) is 32.7. The molecule has 20 rings (SSSR count). The number of aromatic nitrogens is 6. The van der Waals surface area contributed by atoms with Crippen LogP contribution in [0.1, 0.15) is 57.1 Å². The second-order valence-electron chi connectivity index (χ2n) is 32.4. The fraction of sp³-hybridized carbons (Fsp3) is 0.0870. The molecule has 4 heterocycles. The summed E-state index contributed by atoms with van der Waals surface area (Å²) in [5, 5.41) is 18.9. The monoisotopic (exact) mass is 1890 g/mol. The van der Waals surface area contributed by atoms with Gasteiger partial charge >= 0.3 is 103 Å². The summed E-state index contributed by atoms with van der Waals surface area (Å²) in [6.45, 7) is 14.8. The van der Waals surface area contributed by atoms with E-state index in [1.54, 1.807) is 0 Å². The Bertz CT molecular complexity index is 7340. The Morgan fingerprint density at radius 3 is 1.07 bits per heavy atom. The van der Waals surface area contributed by atoms with Crippen LogP contribution in [0.3, 0.4) is 0 Å². The molecule has 18 heteroatoms. The first kappa shape index (κ1) is 95.8. The Labute approximate surface area is 881 Å². The molecule has 0 aliphatic heterocycles. The van der Waals surface area contributed by atoms with E-state index in [1.165, 1.54) is 77.8 Å². The number of pyridine rings is 2. The quantitative estimate of drug-likeness (QED) is 0.0229. The smallest absolute Gasteiger partial charge is 1.00 e. The zero-order valence-electron chi connectivity index (χ0n) is 76.4. The summed E-state index contributed by atoms with van der Waals surface area (Å²) in [4.78, 5) is 38.1. The molecule has 13 nitrogen and oxygen atoms in total. The van der Waals surface area contributed by atoms with Crippen LogP contribution >= 0.6 is 39.1 Å². The average molecular weight is 1890 g/mol. The van der Waals surface area contributed by atoms with Crippen molar-refractivity contribution in [2.45, 2.75) is 66.5 Å². The van der Waals surface area contributed by atoms with Crippen LogP contribution in [-0.4, -0.2) is 35.5 Å². The van der Waals surface area contributed by atoms with Crippen LogP contribution in [0.25, 0.3) is 100 Å². The maximum Gasteiger partial charge on any atom is 1.00 e. The van der Waals surface area contributed by atoms with E-state index < -0.39 is 0 Å². The van der Waals surface area contributed by atoms with Crippen molar-refractivity contribution in [1.82, 2.24) is 29.1 Å². The second-order valence-corrected chi connectivity index (χ2v) is 33.7. The molecule has 133 heavy (non-hydrogen) atoms. The van der Waals surface area contributed by atoms with Gasteiger partial charge in [0, 0.05) is 93.1 Å². The van der Waals surface area contributed by atoms with Gasteiger partial charge in [-0.2, -0.15) is 0 Å². The number of hydrogen-bond acceptors (Lipinski definition) is 11. The largest absolute Gasteiger partial charge is 1.00 e. The molecule has 0 atom stereocenters. The number of carbonyl (C=O) groups excluding carboxylic acids is 1. The predicted molar refractivity (Wildman–Crippen MR) is 546 cm³/mol. The normalized spacial score (nSPS) is 10.8. The van der Waals surface area contributed by atoms with Crippen molar-refractivity contribution in [3.05, 3.63) is 466 Å². The van der Waals surface area contributed by atoms with Crippen LogP contribution < -0.4 is 128 Å². The van der Waals surface area contributed by atoms with E-state index >= 15 is 0 Å². The Morgan fingerprint density at radius 1 is 0.376 bits per heavy atom. The van der Waals surface area contributed by atoms with Gasteiger partial charge in [-0.1, -0.05) is 305 Å². The molecule has 646 valence electrons. The molecule has 0 fully saturated rings. The SMILES string of the molecule is BrCc1ccccc1.Cc1cc(C)c(-n2c(-c3ccc(N(Cc4ccccc4)c4cccc(N(Cc5ccccc5)c5ccc(-c6nccc7ccccc67)cc5)c4Cl)cc3)nc3ccccc32)c(C)c1.Cc1cc(C)c(-n2c(-c3ccc(Nc4cccc(N(Cc5ccccc5)c5ccc(-c6nccc7ccccc67)cc5)c4Cl)cc3)nc3ccccc32)c(C)c1.O=CO[O-].[H-].[K+].[K+]. The molecule has 0 saturated carbocycles. The molecular formula is C115H95BrCl2K2N10O3. The van der Waals surface area contributed by atoms with Gasteiger partial charge in [-0.15, -0.1) is 0 Å². The number of para-hydroxylation sites is 4. The van der Waals surface area contributed by atoms with Crippen LogP contribution in [0.2, 0.25) is 10.0 Å². The minimum absolute atomic E-state index is 0. The average Bonchev–Trinajstić information content (AvgIpc) is 1.24. The first-order valence-corrected chi connectivity index (χ1v) is 45.3. The number of aryl methyl sites for hydroxylation is 6. The summed E-state index contributed by atoms with van der Waals surface area (Å²) < 4.78 is 4.62. The van der Waals surface area contributed by atoms with Crippen molar-refractivity contribution in [1.29, 1.82) is 0 Å². The summed E-state index contributed by atoms with van der Waals surface area (Å²) in [7, 11) is 0. The van der Waals surface area contributed by atoms with Gasteiger partial charge in [-0.05, 0) is 230 Å². The number of nitrogens with zero attached hydrogens (tertiary/aromatic N) is 9. The van der Waals surface area contributed by atoms with E-state index in [9.17, 15) is 0 Å². The fourth-order valence-electron chi connectivity index (χ4n) is 17.4. The van der Waals surface area contributed by atoms with E-state index in [0.717, 1.165) is 129 Å². The van der Waals surface area contributed by atoms with Crippen LogP contribution in [0.4, 0.5) is 45.5 Å². The van der Waals surface area contributed by atoms with E-state index in [0.29, 0.717) is 29.7 Å². The van der Waals surface area contributed by atoms with Crippen molar-refractivity contribution in [2.75, 3.05) is 20.0 Å². The maximum atomic E-state index is 8.64. The Morgan fingerprint density at radius 2 is 0.699 bits per heavy atom. The topological polar surface area (TPSA) is 133 Å². The standard InChI is InChI=1S/C57H46ClN5.C50H40ClN5.C7H7Br.CH2O3.2K.H/c1-39-35-40(2)56(41(3)36-39)63-51-22-13-12-21-50(51)60-57(63)46-27-31-48(32-28-46)62(38-43-17-8-5-9-18-43)53-24-14-23-52(54(53)58)61(37-42-15-6-4-7-16-42)47-29-25-45(26-30-47)55-49-20-11-10-19-44(49)33-34-59-55;1-33-30-34(2)49(35(3)31-33)56-45-18-10-9-16-43(45)54-50(56)39-20-24-40(25-21-39)53-44-17-11-19-46(47(44)51)55(32-36-12-5-4-6-13-36)41-26-22-38(23-27-41)48-42-15-8-7-14-37(42)28-29-52-48;8-6-7-4-2-1-3-5-7;2-1-4-3;;;/h4-36H,37-38H2,1-3H3;4-31,53H,32H2,1-3H3;1-5H,6H2;1,3H;;;/q;;;;2*+1;-1/p-1. The minimum atomic E-state index is -0.181. The first-order chi connectivity index (χ1) is 64.1. The van der Waals surface area contributed by atoms with Crippen LogP contribution in [0, 0.1) is 41.5 Å². The van der Waals surface area contributed by atoms with Gasteiger partial charge in [0.05, 0.1) is 77.6 Å². The number of hydrogen-bond donors (Lipinski definition) is 1. The first-order valence-electron chi connectivity index (χ1n) is 43.5. The fourth-order valence-corrected chi connectivity index (χ4v) is 18.4. The van der Waals surface area contributed by atoms with Gasteiger partial charge in [0.2, 0.25) is 0 Å². The molecule has 0 radical (unpaired) electrons. The van der Waals surface area contributed by atoms with Gasteiger partial charge in [0.15, 0.2) is 0 Å². The number of alkyl halides is 1. The summed E-state index contributed by atoms with van der Waals surface area (Å²) in [6.07, 6.45) is 3.76. The van der Waals surface area contributed by atoms with Gasteiger partial charge < -0.3 is 31.6 Å². The maximum absolute atomic E-state index is 8.64. The van der Waals surface area contributed by atoms with Gasteiger partial charge in [-0.3, -0.25) is 23.9 Å². The van der Waals surface area contributed by atoms with Gasteiger partial charge in [0.1, 0.15) is 11.6 Å². The van der Waals surface area contributed by atoms with E-state index in [2.05, 4.69) is 443 Å². The van der Waals surface area contributed by atoms with Crippen molar-refractivity contribution < 1.29 is 119 Å². The molecule has 0 aliphatic rings. The zero-order chi connectivity index (χ0) is 90.3. The number of imidazole rings is 2. The molecule has 4 aromatic heterocycles. The van der Waals surface area contributed by atoms with Crippen LogP contribution in [-0.2, 0) is 34.6 Å². The Hall–Kier alpha value is -11.8. The molecule has 20 aromatic rings. The molecule has 0 bridgehead atoms. The number of nitrogens with one attached hydrogen (secondary N) is 1. The zero-order valence-corrected chi connectivity index (χ0v) is 84.7. The molecule has 0 unspecified atom stereocenters. The van der Waals surface area contributed by atoms with Crippen molar-refractivity contribution >= 4 is 135 Å². The van der Waals surface area contributed by atoms with Crippen molar-refractivity contribution in [2.24, 2.45) is 0 Å². The molecule has 0 amide bonds. The number of halogens is 3. The van der Waals surface area contributed by atoms with E-state index in [1.807, 2.05) is 48.8 Å². The van der Waals surface area contributed by atoms with Crippen molar-refractivity contribution in [3.63, 3.8) is 0 Å². The van der Waals surface area contributed by atoms with E-state index in [4.69, 9.17) is 53.2 Å².